The van der Waals surface area contributed by atoms with Gasteiger partial charge in [0.15, 0.2) is 5.76 Å². The van der Waals surface area contributed by atoms with E-state index >= 15 is 0 Å². The number of nitriles is 1. The maximum Gasteiger partial charge on any atom is 0.278 e. The molecule has 4 aromatic carbocycles. The van der Waals surface area contributed by atoms with E-state index in [2.05, 4.69) is 54.6 Å². The first kappa shape index (κ1) is 26.8. The summed E-state index contributed by atoms with van der Waals surface area (Å²) in [6.07, 6.45) is 4.35. The third kappa shape index (κ3) is 4.88. The molecule has 7 rings (SSSR count). The Kier molecular flexibility index (Phi) is 7.02. The van der Waals surface area contributed by atoms with Crippen LogP contribution < -0.4 is 4.90 Å². The smallest absolute Gasteiger partial charge is 0.278 e. The second kappa shape index (κ2) is 11.3. The van der Waals surface area contributed by atoms with Gasteiger partial charge in [0, 0.05) is 24.4 Å². The fourth-order valence-electron chi connectivity index (χ4n) is 6.68. The highest BCUT2D eigenvalue weighted by atomic mass is 16.5. The number of hydrogen-bond acceptors (Lipinski definition) is 5. The maximum absolute atomic E-state index is 14.4. The summed E-state index contributed by atoms with van der Waals surface area (Å²) < 4.78 is 6.29. The Balaban J connectivity index is 1.40. The highest BCUT2D eigenvalue weighted by Gasteiger charge is 2.46. The Bertz CT molecular complexity index is 1740. The van der Waals surface area contributed by atoms with Crippen molar-refractivity contribution in [2.45, 2.75) is 37.5 Å². The van der Waals surface area contributed by atoms with Gasteiger partial charge in [0.2, 0.25) is 0 Å². The van der Waals surface area contributed by atoms with E-state index in [1.165, 1.54) is 22.3 Å². The zero-order valence-electron chi connectivity index (χ0n) is 23.6. The summed E-state index contributed by atoms with van der Waals surface area (Å²) in [6, 6.07) is 36.1. The largest absolute Gasteiger partial charge is 0.488 e. The lowest BCUT2D eigenvalue weighted by Crippen LogP contribution is -2.57. The number of aryl methyl sites for hydroxylation is 2. The average molecular weight is 566 g/mol. The molecule has 0 spiro atoms. The molecule has 212 valence electrons. The number of benzene rings is 4. The number of nitrogens with zero attached hydrogens (tertiary/aromatic N) is 3. The minimum Gasteiger partial charge on any atom is -0.488 e. The van der Waals surface area contributed by atoms with Crippen LogP contribution in [0.2, 0.25) is 0 Å². The first-order valence-corrected chi connectivity index (χ1v) is 14.7. The van der Waals surface area contributed by atoms with Gasteiger partial charge in [-0.15, -0.1) is 0 Å². The molecule has 6 nitrogen and oxygen atoms in total. The summed E-state index contributed by atoms with van der Waals surface area (Å²) in [5.41, 5.74) is 7.45. The Morgan fingerprint density at radius 2 is 1.53 bits per heavy atom. The molecule has 1 fully saturated rings. The Hall–Kier alpha value is -5.12. The van der Waals surface area contributed by atoms with Gasteiger partial charge in [-0.05, 0) is 64.9 Å². The molecule has 0 saturated carbocycles. The summed E-state index contributed by atoms with van der Waals surface area (Å²) in [5, 5.41) is 20.8. The van der Waals surface area contributed by atoms with Gasteiger partial charge in [-0.1, -0.05) is 84.9 Å². The Morgan fingerprint density at radius 1 is 0.860 bits per heavy atom. The van der Waals surface area contributed by atoms with Crippen LogP contribution in [0.3, 0.4) is 0 Å². The molecule has 0 bridgehead atoms. The molecule has 2 unspecified atom stereocenters. The standard InChI is InChI=1S/C37H31N3O3/c38-22-26-11-8-14-29(21-26)40-23-32(34-30-15-6-4-12-27(30)17-18-28-13-5-7-16-31(28)34)39-20-19-33(41)36(35(39)37(40)42)43-24-25-9-2-1-3-10-25/h1-16,19-21,32-34,41H,17-18,23-24H2. The fraction of sp³-hybridized carbons (Fsp3) is 0.189. The lowest BCUT2D eigenvalue weighted by Gasteiger charge is -2.47. The number of anilines is 1. The normalized spacial score (nSPS) is 19.7. The van der Waals surface area contributed by atoms with E-state index in [4.69, 9.17) is 4.74 Å². The lowest BCUT2D eigenvalue weighted by atomic mass is 9.80. The number of carbonyl (C=O) groups excluding carboxylic acids is 1. The molecule has 1 amide bonds. The number of aliphatic hydroxyl groups is 1. The van der Waals surface area contributed by atoms with Gasteiger partial charge in [0.1, 0.15) is 18.4 Å². The third-order valence-corrected chi connectivity index (χ3v) is 8.72. The van der Waals surface area contributed by atoms with Gasteiger partial charge >= 0.3 is 0 Å². The second-order valence-electron chi connectivity index (χ2n) is 11.2. The number of fused-ring (bicyclic) bond motifs is 3. The van der Waals surface area contributed by atoms with Gasteiger partial charge in [-0.3, -0.25) is 4.79 Å². The van der Waals surface area contributed by atoms with Crippen LogP contribution in [0.5, 0.6) is 0 Å². The number of aliphatic hydroxyl groups excluding tert-OH is 1. The molecule has 1 N–H and O–H groups in total. The van der Waals surface area contributed by atoms with Crippen molar-refractivity contribution in [1.29, 1.82) is 5.26 Å². The van der Waals surface area contributed by atoms with E-state index < -0.39 is 6.10 Å². The summed E-state index contributed by atoms with van der Waals surface area (Å²) in [6.45, 7) is 0.603. The number of amides is 1. The monoisotopic (exact) mass is 565 g/mol. The molecule has 1 aliphatic carbocycles. The van der Waals surface area contributed by atoms with E-state index in [9.17, 15) is 15.2 Å². The number of hydrogen-bond donors (Lipinski definition) is 1. The van der Waals surface area contributed by atoms with Gasteiger partial charge < -0.3 is 19.6 Å². The average Bonchev–Trinajstić information content (AvgIpc) is 3.22. The van der Waals surface area contributed by atoms with Gasteiger partial charge in [-0.25, -0.2) is 0 Å². The molecule has 6 heteroatoms. The molecule has 0 aromatic heterocycles. The van der Waals surface area contributed by atoms with Crippen molar-refractivity contribution in [3.05, 3.63) is 160 Å². The Morgan fingerprint density at radius 3 is 2.23 bits per heavy atom. The van der Waals surface area contributed by atoms with Gasteiger partial charge in [0.05, 0.1) is 17.7 Å². The quantitative estimate of drug-likeness (QED) is 0.330. The van der Waals surface area contributed by atoms with Crippen LogP contribution in [-0.4, -0.2) is 34.6 Å². The van der Waals surface area contributed by atoms with Crippen molar-refractivity contribution in [2.24, 2.45) is 0 Å². The molecular formula is C37H31N3O3. The predicted octanol–water partition coefficient (Wildman–Crippen LogP) is 5.82. The topological polar surface area (TPSA) is 76.8 Å². The number of ether oxygens (including phenoxy) is 1. The molecular weight excluding hydrogens is 534 g/mol. The zero-order valence-corrected chi connectivity index (χ0v) is 23.6. The summed E-state index contributed by atoms with van der Waals surface area (Å²) >= 11 is 0. The molecule has 2 atom stereocenters. The first-order valence-electron chi connectivity index (χ1n) is 14.7. The van der Waals surface area contributed by atoms with Crippen LogP contribution in [-0.2, 0) is 29.0 Å². The van der Waals surface area contributed by atoms with Crippen molar-refractivity contribution < 1.29 is 14.6 Å². The molecule has 2 heterocycles. The molecule has 0 radical (unpaired) electrons. The number of rotatable bonds is 5. The highest BCUT2D eigenvalue weighted by Crippen LogP contribution is 2.43. The van der Waals surface area contributed by atoms with Gasteiger partial charge in [0.25, 0.3) is 5.91 Å². The van der Waals surface area contributed by atoms with Crippen LogP contribution in [0.25, 0.3) is 0 Å². The third-order valence-electron chi connectivity index (χ3n) is 8.72. The van der Waals surface area contributed by atoms with E-state index in [1.807, 2.05) is 47.5 Å². The van der Waals surface area contributed by atoms with Crippen molar-refractivity contribution in [3.63, 3.8) is 0 Å². The minimum absolute atomic E-state index is 0.0603. The molecule has 3 aliphatic rings. The molecule has 43 heavy (non-hydrogen) atoms. The van der Waals surface area contributed by atoms with Crippen molar-refractivity contribution in [2.75, 3.05) is 11.4 Å². The maximum atomic E-state index is 14.4. The van der Waals surface area contributed by atoms with E-state index in [0.717, 1.165) is 18.4 Å². The van der Waals surface area contributed by atoms with Crippen molar-refractivity contribution >= 4 is 11.6 Å². The second-order valence-corrected chi connectivity index (χ2v) is 11.2. The SMILES string of the molecule is N#Cc1cccc(N2CC(C3c4ccccc4CCc4ccccc43)N3C=CC(O)C(OCc4ccccc4)=C3C2=O)c1. The first-order chi connectivity index (χ1) is 21.1. The number of piperazine rings is 1. The lowest BCUT2D eigenvalue weighted by molar-refractivity contribution is -0.119. The van der Waals surface area contributed by atoms with E-state index in [0.29, 0.717) is 23.5 Å². The zero-order chi connectivity index (χ0) is 29.3. The fourth-order valence-corrected chi connectivity index (χ4v) is 6.68. The Labute approximate surface area is 251 Å². The van der Waals surface area contributed by atoms with Crippen LogP contribution in [0.15, 0.2) is 127 Å². The molecule has 2 aliphatic heterocycles. The van der Waals surface area contributed by atoms with E-state index in [-0.39, 0.29) is 30.2 Å². The highest BCUT2D eigenvalue weighted by molar-refractivity contribution is 6.07. The van der Waals surface area contributed by atoms with Crippen molar-refractivity contribution in [1.82, 2.24) is 4.90 Å². The summed E-state index contributed by atoms with van der Waals surface area (Å²) in [4.78, 5) is 18.2. The van der Waals surface area contributed by atoms with Crippen LogP contribution in [0.4, 0.5) is 5.69 Å². The van der Waals surface area contributed by atoms with E-state index in [1.54, 1.807) is 29.2 Å². The molecule has 4 aromatic rings. The van der Waals surface area contributed by atoms with Crippen LogP contribution in [0.1, 0.15) is 39.3 Å². The number of carbonyl (C=O) groups is 1. The predicted molar refractivity (Wildman–Crippen MR) is 165 cm³/mol. The summed E-state index contributed by atoms with van der Waals surface area (Å²) in [5.74, 6) is -0.0967. The van der Waals surface area contributed by atoms with Crippen molar-refractivity contribution in [3.8, 4) is 6.07 Å². The van der Waals surface area contributed by atoms with Gasteiger partial charge in [-0.2, -0.15) is 5.26 Å². The summed E-state index contributed by atoms with van der Waals surface area (Å²) in [7, 11) is 0. The molecule has 1 saturated heterocycles. The van der Waals surface area contributed by atoms with Crippen LogP contribution in [0, 0.1) is 11.3 Å². The minimum atomic E-state index is -1.07. The van der Waals surface area contributed by atoms with Crippen LogP contribution >= 0.6 is 0 Å².